The number of hydrogen-bond donors (Lipinski definition) is 2. The monoisotopic (exact) mass is 399 g/mol. The summed E-state index contributed by atoms with van der Waals surface area (Å²) in [6, 6.07) is -0.479. The van der Waals surface area contributed by atoms with E-state index < -0.39 is 30.6 Å². The summed E-state index contributed by atoms with van der Waals surface area (Å²) in [5.74, 6) is 0. The summed E-state index contributed by atoms with van der Waals surface area (Å²) in [5.41, 5.74) is 0.859. The van der Waals surface area contributed by atoms with Gasteiger partial charge in [0, 0.05) is 12.3 Å². The summed E-state index contributed by atoms with van der Waals surface area (Å²) in [5, 5.41) is 20.2. The summed E-state index contributed by atoms with van der Waals surface area (Å²) in [7, 11) is 0. The van der Waals surface area contributed by atoms with Crippen LogP contribution in [-0.4, -0.2) is 59.8 Å². The van der Waals surface area contributed by atoms with Gasteiger partial charge in [0.2, 0.25) is 6.29 Å². The minimum atomic E-state index is -0.947. The lowest BCUT2D eigenvalue weighted by molar-refractivity contribution is -0.258. The van der Waals surface area contributed by atoms with Crippen LogP contribution in [-0.2, 0) is 14.2 Å². The predicted molar refractivity (Wildman–Crippen MR) is 113 cm³/mol. The van der Waals surface area contributed by atoms with Crippen molar-refractivity contribution in [2.45, 2.75) is 110 Å². The summed E-state index contributed by atoms with van der Waals surface area (Å²) in [6.07, 6.45) is 10.1. The Labute approximate surface area is 171 Å². The van der Waals surface area contributed by atoms with Gasteiger partial charge >= 0.3 is 0 Å². The van der Waals surface area contributed by atoms with E-state index in [9.17, 15) is 10.2 Å². The standard InChI is InChI=1S/C22H41NO5/c1-5-7-8-9-10-11-12-13-15-26-21-19(23-17(3)4)22(27-14-6-2)28-18(16-24)20(21)25/h6,14,18-22,24-25H,5,7-13,15-16H2,1-4H3/b14-6-/t18-,19-,20-,21-,22+/m1/s1. The molecule has 2 N–H and O–H groups in total. The smallest absolute Gasteiger partial charge is 0.224 e. The number of hydrogen-bond acceptors (Lipinski definition) is 6. The minimum absolute atomic E-state index is 0.296. The number of rotatable bonds is 14. The van der Waals surface area contributed by atoms with E-state index in [0.29, 0.717) is 6.61 Å². The SMILES string of the molecule is C/C=C\O[C@H]1O[C@H](CO)[C@@H](O)[C@H](OCCCCCCCCCC)[C@H]1N=C(C)C. The number of unbranched alkanes of at least 4 members (excludes halogenated alkanes) is 7. The van der Waals surface area contributed by atoms with Crippen LogP contribution < -0.4 is 0 Å². The van der Waals surface area contributed by atoms with E-state index >= 15 is 0 Å². The third-order valence-corrected chi connectivity index (χ3v) is 4.89. The van der Waals surface area contributed by atoms with Crippen LogP contribution in [0.1, 0.15) is 79.1 Å². The van der Waals surface area contributed by atoms with Crippen LogP contribution in [0.3, 0.4) is 0 Å². The Kier molecular flexibility index (Phi) is 13.4. The van der Waals surface area contributed by atoms with Crippen molar-refractivity contribution in [3.8, 4) is 0 Å². The van der Waals surface area contributed by atoms with Gasteiger partial charge in [0.05, 0.1) is 12.9 Å². The number of aliphatic hydroxyl groups excluding tert-OH is 2. The third kappa shape index (κ3) is 9.03. The van der Waals surface area contributed by atoms with Crippen molar-refractivity contribution in [2.75, 3.05) is 13.2 Å². The molecule has 0 aliphatic carbocycles. The molecular formula is C22H41NO5. The first-order valence-electron chi connectivity index (χ1n) is 10.9. The first-order chi connectivity index (χ1) is 13.5. The Balaban J connectivity index is 2.57. The molecule has 0 radical (unpaired) electrons. The lowest BCUT2D eigenvalue weighted by Gasteiger charge is -2.42. The van der Waals surface area contributed by atoms with Crippen molar-refractivity contribution in [2.24, 2.45) is 4.99 Å². The molecule has 0 bridgehead atoms. The molecule has 1 heterocycles. The van der Waals surface area contributed by atoms with Crippen molar-refractivity contribution >= 4 is 5.71 Å². The van der Waals surface area contributed by atoms with Crippen molar-refractivity contribution in [1.82, 2.24) is 0 Å². The third-order valence-electron chi connectivity index (χ3n) is 4.89. The number of allylic oxidation sites excluding steroid dienone is 1. The molecule has 1 rings (SSSR count). The van der Waals surface area contributed by atoms with E-state index in [4.69, 9.17) is 14.2 Å². The molecule has 6 heteroatoms. The topological polar surface area (TPSA) is 80.5 Å². The van der Waals surface area contributed by atoms with Crippen LogP contribution in [0.4, 0.5) is 0 Å². The van der Waals surface area contributed by atoms with Gasteiger partial charge < -0.3 is 24.4 Å². The number of aliphatic hydroxyl groups is 2. The van der Waals surface area contributed by atoms with Gasteiger partial charge in [-0.1, -0.05) is 57.9 Å². The second kappa shape index (κ2) is 15.0. The Morgan fingerprint density at radius 3 is 2.29 bits per heavy atom. The molecule has 1 aliphatic rings. The maximum absolute atomic E-state index is 10.6. The van der Waals surface area contributed by atoms with Crippen LogP contribution in [0.15, 0.2) is 17.3 Å². The highest BCUT2D eigenvalue weighted by atomic mass is 16.7. The van der Waals surface area contributed by atoms with E-state index in [1.165, 1.54) is 38.5 Å². The van der Waals surface area contributed by atoms with E-state index in [2.05, 4.69) is 11.9 Å². The van der Waals surface area contributed by atoms with Crippen LogP contribution >= 0.6 is 0 Å². The Bertz CT molecular complexity index is 450. The molecule has 5 atom stereocenters. The van der Waals surface area contributed by atoms with E-state index in [1.54, 1.807) is 12.3 Å². The number of nitrogens with zero attached hydrogens (tertiary/aromatic N) is 1. The van der Waals surface area contributed by atoms with Crippen LogP contribution in [0, 0.1) is 0 Å². The minimum Gasteiger partial charge on any atom is -0.470 e. The van der Waals surface area contributed by atoms with E-state index in [-0.39, 0.29) is 6.61 Å². The highest BCUT2D eigenvalue weighted by molar-refractivity contribution is 5.79. The zero-order valence-electron chi connectivity index (χ0n) is 18.2. The summed E-state index contributed by atoms with van der Waals surface area (Å²) >= 11 is 0. The maximum Gasteiger partial charge on any atom is 0.224 e. The van der Waals surface area contributed by atoms with E-state index in [1.807, 2.05) is 20.8 Å². The molecule has 1 saturated heterocycles. The van der Waals surface area contributed by atoms with Gasteiger partial charge in [0.25, 0.3) is 0 Å². The Hall–Kier alpha value is -0.950. The van der Waals surface area contributed by atoms with Gasteiger partial charge in [-0.15, -0.1) is 0 Å². The first kappa shape index (κ1) is 25.1. The summed E-state index contributed by atoms with van der Waals surface area (Å²) in [6.45, 7) is 8.13. The van der Waals surface area contributed by atoms with Crippen LogP contribution in [0.25, 0.3) is 0 Å². The fourth-order valence-electron chi connectivity index (χ4n) is 3.41. The van der Waals surface area contributed by atoms with Gasteiger partial charge in [-0.05, 0) is 27.2 Å². The second-order valence-electron chi connectivity index (χ2n) is 7.70. The largest absolute Gasteiger partial charge is 0.470 e. The quantitative estimate of drug-likeness (QED) is 0.262. The summed E-state index contributed by atoms with van der Waals surface area (Å²) in [4.78, 5) is 4.59. The van der Waals surface area contributed by atoms with Crippen LogP contribution in [0.5, 0.6) is 0 Å². The zero-order chi connectivity index (χ0) is 20.8. The zero-order valence-corrected chi connectivity index (χ0v) is 18.2. The molecule has 0 aromatic carbocycles. The van der Waals surface area contributed by atoms with Gasteiger partial charge in [-0.3, -0.25) is 4.99 Å². The number of ether oxygens (including phenoxy) is 3. The summed E-state index contributed by atoms with van der Waals surface area (Å²) < 4.78 is 17.4. The Morgan fingerprint density at radius 1 is 1.07 bits per heavy atom. The normalized spacial score (nSPS) is 27.9. The lowest BCUT2D eigenvalue weighted by Crippen LogP contribution is -2.59. The highest BCUT2D eigenvalue weighted by Gasteiger charge is 2.46. The maximum atomic E-state index is 10.6. The molecule has 164 valence electrons. The Morgan fingerprint density at radius 2 is 1.71 bits per heavy atom. The average Bonchev–Trinajstić information content (AvgIpc) is 2.67. The van der Waals surface area contributed by atoms with Gasteiger partial charge in [-0.25, -0.2) is 0 Å². The van der Waals surface area contributed by atoms with Crippen molar-refractivity contribution in [1.29, 1.82) is 0 Å². The molecule has 6 nitrogen and oxygen atoms in total. The van der Waals surface area contributed by atoms with Crippen molar-refractivity contribution in [3.05, 3.63) is 12.3 Å². The molecule has 1 fully saturated rings. The van der Waals surface area contributed by atoms with Gasteiger partial charge in [0.1, 0.15) is 24.4 Å². The van der Waals surface area contributed by atoms with Gasteiger partial charge in [-0.2, -0.15) is 0 Å². The fraction of sp³-hybridized carbons (Fsp3) is 0.864. The molecule has 0 spiro atoms. The second-order valence-corrected chi connectivity index (χ2v) is 7.70. The first-order valence-corrected chi connectivity index (χ1v) is 10.9. The van der Waals surface area contributed by atoms with E-state index in [0.717, 1.165) is 18.6 Å². The predicted octanol–water partition coefficient (Wildman–Crippen LogP) is 3.99. The molecular weight excluding hydrogens is 358 g/mol. The highest BCUT2D eigenvalue weighted by Crippen LogP contribution is 2.27. The molecule has 28 heavy (non-hydrogen) atoms. The molecule has 1 aliphatic heterocycles. The molecule has 0 aromatic heterocycles. The fourth-order valence-corrected chi connectivity index (χ4v) is 3.41. The van der Waals surface area contributed by atoms with Gasteiger partial charge in [0.15, 0.2) is 0 Å². The molecule has 0 unspecified atom stereocenters. The average molecular weight is 400 g/mol. The van der Waals surface area contributed by atoms with Crippen molar-refractivity contribution < 1.29 is 24.4 Å². The molecule has 0 amide bonds. The van der Waals surface area contributed by atoms with Crippen LogP contribution in [0.2, 0.25) is 0 Å². The lowest BCUT2D eigenvalue weighted by atomic mass is 9.97. The number of aliphatic imine (C=N–C) groups is 1. The van der Waals surface area contributed by atoms with Crippen molar-refractivity contribution in [3.63, 3.8) is 0 Å². The molecule has 0 saturated carbocycles. The molecule has 0 aromatic rings.